The number of carbonyl (C=O) groups excluding carboxylic acids is 1. The summed E-state index contributed by atoms with van der Waals surface area (Å²) in [6.45, 7) is 7.50. The van der Waals surface area contributed by atoms with Gasteiger partial charge in [0, 0.05) is 25.3 Å². The van der Waals surface area contributed by atoms with Gasteiger partial charge in [0.15, 0.2) is 5.16 Å². The van der Waals surface area contributed by atoms with Crippen LogP contribution in [0.15, 0.2) is 47.0 Å². The van der Waals surface area contributed by atoms with Gasteiger partial charge in [0.2, 0.25) is 15.9 Å². The van der Waals surface area contributed by atoms with Gasteiger partial charge in [-0.05, 0) is 25.1 Å². The van der Waals surface area contributed by atoms with Crippen LogP contribution in [0.4, 0.5) is 5.69 Å². The summed E-state index contributed by atoms with van der Waals surface area (Å²) in [7, 11) is -3.62. The zero-order chi connectivity index (χ0) is 20.9. The summed E-state index contributed by atoms with van der Waals surface area (Å²) in [5.74, 6) is 0.603. The third-order valence-electron chi connectivity index (χ3n) is 4.27. The molecule has 0 saturated carbocycles. The van der Waals surface area contributed by atoms with Crippen molar-refractivity contribution in [3.05, 3.63) is 42.7 Å². The van der Waals surface area contributed by atoms with E-state index in [0.717, 1.165) is 5.82 Å². The summed E-state index contributed by atoms with van der Waals surface area (Å²) in [6, 6.07) is 6.26. The summed E-state index contributed by atoms with van der Waals surface area (Å²) in [5, 5.41) is 11.4. The van der Waals surface area contributed by atoms with Crippen molar-refractivity contribution in [3.63, 3.8) is 0 Å². The lowest BCUT2D eigenvalue weighted by atomic mass is 10.3. The monoisotopic (exact) mass is 437 g/mol. The first-order valence-corrected chi connectivity index (χ1v) is 11.5. The summed E-state index contributed by atoms with van der Waals surface area (Å²) < 4.78 is 34.0. The number of nitrogens with one attached hydrogen (secondary N) is 1. The predicted octanol–water partition coefficient (Wildman–Crippen LogP) is 1.52. The topological polar surface area (TPSA) is 106 Å². The number of sulfonamides is 1. The minimum absolute atomic E-state index is 0.121. The molecular weight excluding hydrogens is 414 g/mol. The van der Waals surface area contributed by atoms with Crippen molar-refractivity contribution in [2.24, 2.45) is 0 Å². The zero-order valence-electron chi connectivity index (χ0n) is 16.1. The minimum atomic E-state index is -3.62. The quantitative estimate of drug-likeness (QED) is 0.493. The molecule has 2 heterocycles. The van der Waals surface area contributed by atoms with E-state index in [-0.39, 0.29) is 16.6 Å². The normalized spacial score (nSPS) is 15.2. The largest absolute Gasteiger partial charge is 0.379 e. The molecule has 9 nitrogen and oxygen atoms in total. The first-order valence-electron chi connectivity index (χ1n) is 9.03. The number of aryl methyl sites for hydroxylation is 1. The number of amides is 1. The molecule has 1 fully saturated rings. The summed E-state index contributed by atoms with van der Waals surface area (Å²) >= 11 is 1.26. The van der Waals surface area contributed by atoms with Crippen molar-refractivity contribution < 1.29 is 17.9 Å². The Hall–Kier alpha value is -2.21. The van der Waals surface area contributed by atoms with E-state index < -0.39 is 10.0 Å². The average molecular weight is 438 g/mol. The molecule has 0 aliphatic carbocycles. The molecule has 11 heteroatoms. The van der Waals surface area contributed by atoms with Gasteiger partial charge in [0.1, 0.15) is 5.82 Å². The highest BCUT2D eigenvalue weighted by molar-refractivity contribution is 7.99. The Bertz CT molecular complexity index is 984. The predicted molar refractivity (Wildman–Crippen MR) is 110 cm³/mol. The molecule has 3 rings (SSSR count). The maximum absolute atomic E-state index is 12.8. The van der Waals surface area contributed by atoms with E-state index in [0.29, 0.717) is 43.7 Å². The van der Waals surface area contributed by atoms with E-state index in [1.807, 2.05) is 11.5 Å². The van der Waals surface area contributed by atoms with E-state index in [2.05, 4.69) is 22.1 Å². The van der Waals surface area contributed by atoms with Crippen LogP contribution in [0, 0.1) is 6.92 Å². The van der Waals surface area contributed by atoms with Crippen molar-refractivity contribution in [2.75, 3.05) is 37.4 Å². The molecule has 1 N–H and O–H groups in total. The van der Waals surface area contributed by atoms with Gasteiger partial charge in [-0.1, -0.05) is 23.9 Å². The number of carbonyl (C=O) groups is 1. The molecule has 0 atom stereocenters. The highest BCUT2D eigenvalue weighted by atomic mass is 32.2. The standard InChI is InChI=1S/C18H23N5O4S2/c1-3-7-23-14(2)20-21-18(23)28-13-17(24)19-15-5-4-6-16(12-15)29(25,26)22-8-10-27-11-9-22/h3-6,12H,1,7-11,13H2,2H3,(H,19,24). The lowest BCUT2D eigenvalue weighted by molar-refractivity contribution is -0.113. The SMILES string of the molecule is C=CCn1c(C)nnc1SCC(=O)Nc1cccc(S(=O)(=O)N2CCOCC2)c1. The minimum Gasteiger partial charge on any atom is -0.379 e. The number of nitrogens with zero attached hydrogens (tertiary/aromatic N) is 4. The van der Waals surface area contributed by atoms with Crippen LogP contribution >= 0.6 is 11.8 Å². The number of thioether (sulfide) groups is 1. The second-order valence-corrected chi connectivity index (χ2v) is 9.19. The fourth-order valence-electron chi connectivity index (χ4n) is 2.81. The molecule has 1 aromatic carbocycles. The van der Waals surface area contributed by atoms with Gasteiger partial charge in [-0.2, -0.15) is 4.31 Å². The summed E-state index contributed by atoms with van der Waals surface area (Å²) in [6.07, 6.45) is 1.74. The van der Waals surface area contributed by atoms with E-state index in [1.54, 1.807) is 18.2 Å². The van der Waals surface area contributed by atoms with Crippen molar-refractivity contribution in [3.8, 4) is 0 Å². The first kappa shape index (κ1) is 21.5. The number of ether oxygens (including phenoxy) is 1. The fourth-order valence-corrected chi connectivity index (χ4v) is 5.05. The summed E-state index contributed by atoms with van der Waals surface area (Å²) in [4.78, 5) is 12.5. The van der Waals surface area contributed by atoms with Crippen LogP contribution in [0.3, 0.4) is 0 Å². The van der Waals surface area contributed by atoms with Gasteiger partial charge in [-0.25, -0.2) is 8.42 Å². The molecule has 1 aromatic heterocycles. The molecule has 2 aromatic rings. The number of morpholine rings is 1. The third kappa shape index (κ3) is 5.24. The van der Waals surface area contributed by atoms with Gasteiger partial charge >= 0.3 is 0 Å². The Labute approximate surface area is 174 Å². The van der Waals surface area contributed by atoms with Crippen molar-refractivity contribution >= 4 is 33.4 Å². The molecule has 1 amide bonds. The van der Waals surface area contributed by atoms with Gasteiger partial charge in [-0.3, -0.25) is 4.79 Å². The lowest BCUT2D eigenvalue weighted by Gasteiger charge is -2.26. The van der Waals surface area contributed by atoms with E-state index in [9.17, 15) is 13.2 Å². The van der Waals surface area contributed by atoms with Crippen LogP contribution in [-0.2, 0) is 26.1 Å². The molecule has 1 saturated heterocycles. The van der Waals surface area contributed by atoms with Crippen molar-refractivity contribution in [1.29, 1.82) is 0 Å². The Kier molecular flexibility index (Phi) is 7.06. The number of hydrogen-bond acceptors (Lipinski definition) is 7. The molecule has 156 valence electrons. The Balaban J connectivity index is 1.64. The molecule has 29 heavy (non-hydrogen) atoms. The van der Waals surface area contributed by atoms with E-state index >= 15 is 0 Å². The second-order valence-electron chi connectivity index (χ2n) is 6.31. The highest BCUT2D eigenvalue weighted by Gasteiger charge is 2.26. The van der Waals surface area contributed by atoms with Crippen molar-refractivity contribution in [1.82, 2.24) is 19.1 Å². The van der Waals surface area contributed by atoms with Crippen LogP contribution in [0.1, 0.15) is 5.82 Å². The fraction of sp³-hybridized carbons (Fsp3) is 0.389. The molecule has 0 bridgehead atoms. The maximum atomic E-state index is 12.8. The van der Waals surface area contributed by atoms with Crippen LogP contribution < -0.4 is 5.32 Å². The highest BCUT2D eigenvalue weighted by Crippen LogP contribution is 2.22. The number of allylic oxidation sites excluding steroid dienone is 1. The molecule has 0 spiro atoms. The zero-order valence-corrected chi connectivity index (χ0v) is 17.7. The van der Waals surface area contributed by atoms with Crippen LogP contribution in [0.5, 0.6) is 0 Å². The Morgan fingerprint density at radius 1 is 1.34 bits per heavy atom. The molecule has 0 unspecified atom stereocenters. The van der Waals surface area contributed by atoms with Gasteiger partial charge < -0.3 is 14.6 Å². The van der Waals surface area contributed by atoms with Crippen LogP contribution in [0.2, 0.25) is 0 Å². The smallest absolute Gasteiger partial charge is 0.243 e. The van der Waals surface area contributed by atoms with Gasteiger partial charge in [0.25, 0.3) is 0 Å². The summed E-state index contributed by atoms with van der Waals surface area (Å²) in [5.41, 5.74) is 0.425. The average Bonchev–Trinajstić information content (AvgIpc) is 3.07. The van der Waals surface area contributed by atoms with E-state index in [4.69, 9.17) is 4.74 Å². The van der Waals surface area contributed by atoms with Gasteiger partial charge in [0.05, 0.1) is 23.9 Å². The van der Waals surface area contributed by atoms with Crippen LogP contribution in [-0.4, -0.2) is 65.5 Å². The maximum Gasteiger partial charge on any atom is 0.243 e. The van der Waals surface area contributed by atoms with E-state index in [1.165, 1.54) is 28.2 Å². The van der Waals surface area contributed by atoms with Gasteiger partial charge in [-0.15, -0.1) is 16.8 Å². The molecule has 0 radical (unpaired) electrons. The Morgan fingerprint density at radius 3 is 2.83 bits per heavy atom. The van der Waals surface area contributed by atoms with Crippen molar-refractivity contribution in [2.45, 2.75) is 23.5 Å². The number of anilines is 1. The lowest BCUT2D eigenvalue weighted by Crippen LogP contribution is -2.40. The number of aromatic nitrogens is 3. The first-order chi connectivity index (χ1) is 13.9. The molecule has 1 aliphatic rings. The third-order valence-corrected chi connectivity index (χ3v) is 7.13. The second kappa shape index (κ2) is 9.53. The number of hydrogen-bond donors (Lipinski definition) is 1. The van der Waals surface area contributed by atoms with Crippen LogP contribution in [0.25, 0.3) is 0 Å². The number of rotatable bonds is 8. The molecule has 1 aliphatic heterocycles. The Morgan fingerprint density at radius 2 is 2.10 bits per heavy atom. The molecular formula is C18H23N5O4S2. The number of benzene rings is 1.